The smallest absolute Gasteiger partial charge is 0.242 e. The fraction of sp³-hybridized carbons (Fsp3) is 0.545. The minimum atomic E-state index is -0.00394. The number of hydrogen-bond donors (Lipinski definition) is 0. The third-order valence-electron chi connectivity index (χ3n) is 2.64. The highest BCUT2D eigenvalue weighted by Gasteiger charge is 2.11. The number of amides is 1. The topological polar surface area (TPSA) is 61.9 Å². The van der Waals surface area contributed by atoms with E-state index in [1.54, 1.807) is 18.3 Å². The Balaban J connectivity index is 2.58. The first-order chi connectivity index (χ1) is 7.56. The van der Waals surface area contributed by atoms with E-state index in [2.05, 4.69) is 4.98 Å². The first-order valence-electron chi connectivity index (χ1n) is 5.15. The Labute approximate surface area is 95.3 Å². The molecule has 86 valence electrons. The standard InChI is InChI=1S/C11H16N4O/c1-9-10(2)15(8-13-9)7-11(16)14(3)6-4-5-12/h8H,4,6-7H2,1-3H3. The van der Waals surface area contributed by atoms with E-state index in [0.717, 1.165) is 11.4 Å². The van der Waals surface area contributed by atoms with Gasteiger partial charge in [0.1, 0.15) is 6.54 Å². The van der Waals surface area contributed by atoms with Crippen LogP contribution in [0, 0.1) is 25.2 Å². The average molecular weight is 220 g/mol. The Bertz CT molecular complexity index is 416. The molecule has 0 radical (unpaired) electrons. The quantitative estimate of drug-likeness (QED) is 0.756. The molecule has 5 heteroatoms. The number of likely N-dealkylation sites (N-methyl/N-ethyl adjacent to an activating group) is 1. The molecule has 0 saturated heterocycles. The number of rotatable bonds is 4. The number of carbonyl (C=O) groups excluding carboxylic acids is 1. The fourth-order valence-electron chi connectivity index (χ4n) is 1.31. The summed E-state index contributed by atoms with van der Waals surface area (Å²) in [7, 11) is 1.71. The summed E-state index contributed by atoms with van der Waals surface area (Å²) in [5, 5.41) is 8.43. The van der Waals surface area contributed by atoms with Crippen LogP contribution in [-0.4, -0.2) is 34.0 Å². The molecule has 1 heterocycles. The molecule has 0 spiro atoms. The lowest BCUT2D eigenvalue weighted by molar-refractivity contribution is -0.130. The molecule has 16 heavy (non-hydrogen) atoms. The zero-order chi connectivity index (χ0) is 12.1. The zero-order valence-electron chi connectivity index (χ0n) is 9.90. The molecule has 1 aromatic heterocycles. The molecule has 1 aromatic rings. The molecule has 0 N–H and O–H groups in total. The largest absolute Gasteiger partial charge is 0.343 e. The van der Waals surface area contributed by atoms with Gasteiger partial charge in [0.2, 0.25) is 5.91 Å². The molecular weight excluding hydrogens is 204 g/mol. The molecule has 0 saturated carbocycles. The van der Waals surface area contributed by atoms with Gasteiger partial charge in [-0.25, -0.2) is 4.98 Å². The van der Waals surface area contributed by atoms with Gasteiger partial charge in [-0.1, -0.05) is 0 Å². The van der Waals surface area contributed by atoms with E-state index in [1.807, 2.05) is 24.5 Å². The van der Waals surface area contributed by atoms with Gasteiger partial charge in [0, 0.05) is 19.3 Å². The summed E-state index contributed by atoms with van der Waals surface area (Å²) >= 11 is 0. The van der Waals surface area contributed by atoms with E-state index in [1.165, 1.54) is 0 Å². The van der Waals surface area contributed by atoms with Crippen molar-refractivity contribution >= 4 is 5.91 Å². The van der Waals surface area contributed by atoms with E-state index >= 15 is 0 Å². The molecule has 5 nitrogen and oxygen atoms in total. The molecule has 0 bridgehead atoms. The van der Waals surface area contributed by atoms with Crippen LogP contribution in [0.25, 0.3) is 0 Å². The van der Waals surface area contributed by atoms with Crippen molar-refractivity contribution < 1.29 is 4.79 Å². The highest BCUT2D eigenvalue weighted by Crippen LogP contribution is 2.04. The van der Waals surface area contributed by atoms with Crippen molar-refractivity contribution in [1.29, 1.82) is 5.26 Å². The summed E-state index contributed by atoms with van der Waals surface area (Å²) in [6.45, 7) is 4.61. The number of nitriles is 1. The lowest BCUT2D eigenvalue weighted by atomic mass is 10.3. The predicted octanol–water partition coefficient (Wildman–Crippen LogP) is 0.872. The third kappa shape index (κ3) is 2.83. The molecular formula is C11H16N4O. The summed E-state index contributed by atoms with van der Waals surface area (Å²) in [5.74, 6) is -0.00394. The van der Waals surface area contributed by atoms with Gasteiger partial charge in [0.25, 0.3) is 0 Å². The SMILES string of the molecule is Cc1ncn(CC(=O)N(C)CCC#N)c1C. The van der Waals surface area contributed by atoms with Crippen LogP contribution in [0.15, 0.2) is 6.33 Å². The number of hydrogen-bond acceptors (Lipinski definition) is 3. The number of nitrogens with zero attached hydrogens (tertiary/aromatic N) is 4. The third-order valence-corrected chi connectivity index (χ3v) is 2.64. The molecule has 1 rings (SSSR count). The number of aromatic nitrogens is 2. The second kappa shape index (κ2) is 5.31. The minimum absolute atomic E-state index is 0.00394. The normalized spacial score (nSPS) is 9.88. The Hall–Kier alpha value is -1.83. The lowest BCUT2D eigenvalue weighted by Crippen LogP contribution is -2.31. The summed E-state index contributed by atoms with van der Waals surface area (Å²) in [6, 6.07) is 2.02. The van der Waals surface area contributed by atoms with Crippen LogP contribution in [-0.2, 0) is 11.3 Å². The minimum Gasteiger partial charge on any atom is -0.343 e. The Morgan fingerprint density at radius 1 is 1.62 bits per heavy atom. The monoisotopic (exact) mass is 220 g/mol. The average Bonchev–Trinajstić information content (AvgIpc) is 2.57. The van der Waals surface area contributed by atoms with Crippen molar-refractivity contribution in [3.05, 3.63) is 17.7 Å². The van der Waals surface area contributed by atoms with Crippen LogP contribution in [0.2, 0.25) is 0 Å². The van der Waals surface area contributed by atoms with Crippen LogP contribution in [0.3, 0.4) is 0 Å². The first-order valence-corrected chi connectivity index (χ1v) is 5.15. The fourth-order valence-corrected chi connectivity index (χ4v) is 1.31. The van der Waals surface area contributed by atoms with Crippen LogP contribution in [0.4, 0.5) is 0 Å². The van der Waals surface area contributed by atoms with Crippen LogP contribution < -0.4 is 0 Å². The van der Waals surface area contributed by atoms with Gasteiger partial charge in [-0.15, -0.1) is 0 Å². The van der Waals surface area contributed by atoms with E-state index in [9.17, 15) is 4.79 Å². The maximum atomic E-state index is 11.7. The maximum Gasteiger partial charge on any atom is 0.242 e. The van der Waals surface area contributed by atoms with Crippen LogP contribution in [0.1, 0.15) is 17.8 Å². The van der Waals surface area contributed by atoms with Crippen molar-refractivity contribution in [3.63, 3.8) is 0 Å². The van der Waals surface area contributed by atoms with Crippen molar-refractivity contribution in [3.8, 4) is 6.07 Å². The van der Waals surface area contributed by atoms with Gasteiger partial charge in [-0.2, -0.15) is 5.26 Å². The summed E-state index contributed by atoms with van der Waals surface area (Å²) < 4.78 is 1.82. The first kappa shape index (κ1) is 12.2. The molecule has 0 aliphatic heterocycles. The summed E-state index contributed by atoms with van der Waals surface area (Å²) in [5.41, 5.74) is 1.94. The highest BCUT2D eigenvalue weighted by atomic mass is 16.2. The van der Waals surface area contributed by atoms with Crippen molar-refractivity contribution in [2.75, 3.05) is 13.6 Å². The second-order valence-corrected chi connectivity index (χ2v) is 3.77. The Morgan fingerprint density at radius 3 is 2.81 bits per heavy atom. The highest BCUT2D eigenvalue weighted by molar-refractivity contribution is 5.75. The molecule has 0 atom stereocenters. The number of aryl methyl sites for hydroxylation is 1. The predicted molar refractivity (Wildman–Crippen MR) is 59.6 cm³/mol. The Morgan fingerprint density at radius 2 is 2.31 bits per heavy atom. The zero-order valence-corrected chi connectivity index (χ0v) is 9.90. The van der Waals surface area contributed by atoms with Crippen molar-refractivity contribution in [1.82, 2.24) is 14.5 Å². The summed E-state index contributed by atoms with van der Waals surface area (Å²) in [6.07, 6.45) is 2.03. The van der Waals surface area contributed by atoms with Gasteiger partial charge in [0.15, 0.2) is 0 Å². The number of carbonyl (C=O) groups is 1. The molecule has 0 aromatic carbocycles. The number of imidazole rings is 1. The molecule has 1 amide bonds. The van der Waals surface area contributed by atoms with E-state index in [0.29, 0.717) is 13.0 Å². The van der Waals surface area contributed by atoms with Crippen molar-refractivity contribution in [2.45, 2.75) is 26.8 Å². The lowest BCUT2D eigenvalue weighted by Gasteiger charge is -2.16. The van der Waals surface area contributed by atoms with Crippen LogP contribution in [0.5, 0.6) is 0 Å². The maximum absolute atomic E-state index is 11.7. The molecule has 0 aliphatic carbocycles. The van der Waals surface area contributed by atoms with E-state index in [-0.39, 0.29) is 12.5 Å². The van der Waals surface area contributed by atoms with Crippen molar-refractivity contribution in [2.24, 2.45) is 0 Å². The van der Waals surface area contributed by atoms with Gasteiger partial charge in [-0.05, 0) is 13.8 Å². The van der Waals surface area contributed by atoms with Crippen LogP contribution >= 0.6 is 0 Å². The van der Waals surface area contributed by atoms with E-state index < -0.39 is 0 Å². The molecule has 0 fully saturated rings. The molecule has 0 unspecified atom stereocenters. The van der Waals surface area contributed by atoms with E-state index in [4.69, 9.17) is 5.26 Å². The van der Waals surface area contributed by atoms with Gasteiger partial charge >= 0.3 is 0 Å². The Kier molecular flexibility index (Phi) is 4.06. The van der Waals surface area contributed by atoms with Gasteiger partial charge < -0.3 is 9.47 Å². The van der Waals surface area contributed by atoms with Gasteiger partial charge in [-0.3, -0.25) is 4.79 Å². The molecule has 0 aliphatic rings. The van der Waals surface area contributed by atoms with Gasteiger partial charge in [0.05, 0.1) is 24.5 Å². The summed E-state index contributed by atoms with van der Waals surface area (Å²) in [4.78, 5) is 17.4. The second-order valence-electron chi connectivity index (χ2n) is 3.77.